The first-order valence-corrected chi connectivity index (χ1v) is 5.74. The molecule has 0 saturated heterocycles. The molecule has 0 aliphatic carbocycles. The van der Waals surface area contributed by atoms with Gasteiger partial charge in [0.2, 0.25) is 5.78 Å². The second kappa shape index (κ2) is 4.26. The average molecular weight is 270 g/mol. The van der Waals surface area contributed by atoms with Crippen LogP contribution < -0.4 is 11.3 Å². The van der Waals surface area contributed by atoms with Gasteiger partial charge in [0.15, 0.2) is 5.82 Å². The summed E-state index contributed by atoms with van der Waals surface area (Å²) in [5.74, 6) is 0.0402. The number of hydrogen-bond donors (Lipinski definition) is 1. The summed E-state index contributed by atoms with van der Waals surface area (Å²) in [6.45, 7) is 0. The number of amides is 1. The van der Waals surface area contributed by atoms with Crippen LogP contribution in [0.5, 0.6) is 0 Å². The molecule has 3 heterocycles. The summed E-state index contributed by atoms with van der Waals surface area (Å²) >= 11 is 0. The number of pyridine rings is 1. The van der Waals surface area contributed by atoms with Crippen LogP contribution in [-0.2, 0) is 7.05 Å². The molecule has 3 aromatic rings. The zero-order valence-electron chi connectivity index (χ0n) is 10.5. The van der Waals surface area contributed by atoms with E-state index in [2.05, 4.69) is 15.1 Å². The van der Waals surface area contributed by atoms with Crippen LogP contribution in [0.2, 0.25) is 0 Å². The van der Waals surface area contributed by atoms with Crippen molar-refractivity contribution in [2.75, 3.05) is 0 Å². The number of hydrogen-bond acceptors (Lipinski definition) is 5. The zero-order valence-corrected chi connectivity index (χ0v) is 10.5. The maximum atomic E-state index is 12.1. The number of nitrogens with two attached hydrogens (primary N) is 1. The Hall–Kier alpha value is -3.03. The van der Waals surface area contributed by atoms with Crippen molar-refractivity contribution in [2.45, 2.75) is 0 Å². The quantitative estimate of drug-likeness (QED) is 0.681. The third kappa shape index (κ3) is 1.66. The fourth-order valence-corrected chi connectivity index (χ4v) is 1.93. The number of fused-ring (bicyclic) bond motifs is 1. The maximum Gasteiger partial charge on any atom is 0.288 e. The molecule has 20 heavy (non-hydrogen) atoms. The summed E-state index contributed by atoms with van der Waals surface area (Å²) in [6.07, 6.45) is 4.41. The lowest BCUT2D eigenvalue weighted by molar-refractivity contribution is 0.0998. The normalized spacial score (nSPS) is 10.8. The molecule has 8 nitrogen and oxygen atoms in total. The van der Waals surface area contributed by atoms with E-state index in [1.165, 1.54) is 0 Å². The van der Waals surface area contributed by atoms with Gasteiger partial charge in [-0.05, 0) is 12.1 Å². The number of aryl methyl sites for hydroxylation is 1. The molecular weight excluding hydrogens is 260 g/mol. The van der Waals surface area contributed by atoms with Crippen molar-refractivity contribution in [3.05, 3.63) is 46.6 Å². The van der Waals surface area contributed by atoms with Gasteiger partial charge in [-0.2, -0.15) is 4.52 Å². The lowest BCUT2D eigenvalue weighted by Crippen LogP contribution is -2.27. The molecule has 100 valence electrons. The number of rotatable bonds is 2. The van der Waals surface area contributed by atoms with Crippen LogP contribution in [0.1, 0.15) is 10.4 Å². The van der Waals surface area contributed by atoms with Gasteiger partial charge in [0.05, 0.1) is 0 Å². The second-order valence-corrected chi connectivity index (χ2v) is 4.17. The molecule has 3 aromatic heterocycles. The number of carbonyl (C=O) groups is 1. The van der Waals surface area contributed by atoms with Crippen LogP contribution in [0, 0.1) is 0 Å². The van der Waals surface area contributed by atoms with Gasteiger partial charge in [0.1, 0.15) is 5.56 Å². The highest BCUT2D eigenvalue weighted by molar-refractivity contribution is 5.92. The summed E-state index contributed by atoms with van der Waals surface area (Å²) in [5.41, 5.74) is 5.13. The van der Waals surface area contributed by atoms with Crippen LogP contribution in [0.4, 0.5) is 0 Å². The second-order valence-electron chi connectivity index (χ2n) is 4.17. The molecule has 8 heteroatoms. The predicted octanol–water partition coefficient (Wildman–Crippen LogP) is -0.411. The Bertz CT molecular complexity index is 865. The highest BCUT2D eigenvalue weighted by Crippen LogP contribution is 2.16. The number of nitrogens with zero attached hydrogens (tertiary/aromatic N) is 5. The molecule has 1 amide bonds. The van der Waals surface area contributed by atoms with Crippen molar-refractivity contribution >= 4 is 11.7 Å². The van der Waals surface area contributed by atoms with Crippen LogP contribution in [0.25, 0.3) is 17.2 Å². The van der Waals surface area contributed by atoms with Crippen molar-refractivity contribution in [2.24, 2.45) is 12.8 Å². The zero-order chi connectivity index (χ0) is 14.3. The first-order chi connectivity index (χ1) is 9.59. The molecule has 0 fully saturated rings. The van der Waals surface area contributed by atoms with Crippen LogP contribution in [0.3, 0.4) is 0 Å². The van der Waals surface area contributed by atoms with Gasteiger partial charge in [0, 0.05) is 31.2 Å². The molecule has 0 aliphatic heterocycles. The fourth-order valence-electron chi connectivity index (χ4n) is 1.93. The standard InChI is InChI=1S/C12H10N6O2/c1-17-10(7-2-4-14-5-3-7)16-18-11(20)8(9(13)19)6-15-12(17)18/h2-6H,1H3,(H2,13,19). The smallest absolute Gasteiger partial charge is 0.288 e. The highest BCUT2D eigenvalue weighted by Gasteiger charge is 2.16. The summed E-state index contributed by atoms with van der Waals surface area (Å²) in [6, 6.07) is 3.53. The Balaban J connectivity index is 2.33. The van der Waals surface area contributed by atoms with Gasteiger partial charge >= 0.3 is 0 Å². The maximum absolute atomic E-state index is 12.1. The molecule has 0 bridgehead atoms. The van der Waals surface area contributed by atoms with Gasteiger partial charge < -0.3 is 5.73 Å². The van der Waals surface area contributed by atoms with Crippen molar-refractivity contribution in [3.8, 4) is 11.4 Å². The van der Waals surface area contributed by atoms with Crippen molar-refractivity contribution in [1.82, 2.24) is 24.1 Å². The molecule has 3 rings (SSSR count). The Labute approximate surface area is 112 Å². The lowest BCUT2D eigenvalue weighted by atomic mass is 10.2. The van der Waals surface area contributed by atoms with E-state index < -0.39 is 11.5 Å². The van der Waals surface area contributed by atoms with Gasteiger partial charge in [0.25, 0.3) is 11.5 Å². The van der Waals surface area contributed by atoms with Crippen molar-refractivity contribution in [3.63, 3.8) is 0 Å². The molecule has 2 N–H and O–H groups in total. The first kappa shape index (κ1) is 12.0. The lowest BCUT2D eigenvalue weighted by Gasteiger charge is -1.99. The van der Waals surface area contributed by atoms with E-state index in [9.17, 15) is 9.59 Å². The minimum Gasteiger partial charge on any atom is -0.365 e. The molecule has 0 aromatic carbocycles. The minimum absolute atomic E-state index is 0.193. The van der Waals surface area contributed by atoms with Gasteiger partial charge in [-0.25, -0.2) is 4.98 Å². The summed E-state index contributed by atoms with van der Waals surface area (Å²) in [4.78, 5) is 31.2. The molecule has 0 spiro atoms. The fraction of sp³-hybridized carbons (Fsp3) is 0.0833. The predicted molar refractivity (Wildman–Crippen MR) is 70.0 cm³/mol. The van der Waals surface area contributed by atoms with E-state index in [1.54, 1.807) is 36.1 Å². The monoisotopic (exact) mass is 270 g/mol. The third-order valence-corrected chi connectivity index (χ3v) is 2.94. The van der Waals surface area contributed by atoms with Crippen molar-refractivity contribution < 1.29 is 4.79 Å². The van der Waals surface area contributed by atoms with Gasteiger partial charge in [-0.15, -0.1) is 5.10 Å². The van der Waals surface area contributed by atoms with E-state index in [0.29, 0.717) is 11.6 Å². The van der Waals surface area contributed by atoms with Crippen LogP contribution in [0.15, 0.2) is 35.5 Å². The number of primary amides is 1. The van der Waals surface area contributed by atoms with Crippen molar-refractivity contribution in [1.29, 1.82) is 0 Å². The molecular formula is C12H10N6O2. The summed E-state index contributed by atoms with van der Waals surface area (Å²) in [7, 11) is 1.73. The van der Waals surface area contributed by atoms with E-state index in [1.807, 2.05) is 0 Å². The Kier molecular flexibility index (Phi) is 2.56. The van der Waals surface area contributed by atoms with Crippen LogP contribution in [-0.4, -0.2) is 30.1 Å². The Morgan fingerprint density at radius 1 is 1.30 bits per heavy atom. The van der Waals surface area contributed by atoms with Crippen LogP contribution >= 0.6 is 0 Å². The SMILES string of the molecule is Cn1c(-c2ccncc2)nn2c(=O)c(C(N)=O)cnc12. The largest absolute Gasteiger partial charge is 0.365 e. The summed E-state index contributed by atoms with van der Waals surface area (Å²) < 4.78 is 2.72. The topological polar surface area (TPSA) is 108 Å². The van der Waals surface area contributed by atoms with E-state index in [-0.39, 0.29) is 5.56 Å². The van der Waals surface area contributed by atoms with E-state index >= 15 is 0 Å². The number of aromatic nitrogens is 5. The first-order valence-electron chi connectivity index (χ1n) is 5.74. The molecule has 0 saturated carbocycles. The highest BCUT2D eigenvalue weighted by atomic mass is 16.2. The molecule has 0 aliphatic rings. The molecule has 0 atom stereocenters. The van der Waals surface area contributed by atoms with Gasteiger partial charge in [-0.3, -0.25) is 19.1 Å². The number of carbonyl (C=O) groups excluding carboxylic acids is 1. The molecule has 0 radical (unpaired) electrons. The Morgan fingerprint density at radius 3 is 2.65 bits per heavy atom. The van der Waals surface area contributed by atoms with E-state index in [4.69, 9.17) is 5.73 Å². The third-order valence-electron chi connectivity index (χ3n) is 2.94. The minimum atomic E-state index is -0.826. The van der Waals surface area contributed by atoms with E-state index in [0.717, 1.165) is 16.3 Å². The average Bonchev–Trinajstić information content (AvgIpc) is 2.78. The van der Waals surface area contributed by atoms with Gasteiger partial charge in [-0.1, -0.05) is 0 Å². The Morgan fingerprint density at radius 2 is 2.00 bits per heavy atom. The molecule has 0 unspecified atom stereocenters. The summed E-state index contributed by atoms with van der Waals surface area (Å²) in [5, 5.41) is 4.19.